The van der Waals surface area contributed by atoms with Crippen LogP contribution in [0.1, 0.15) is 21.5 Å². The second-order valence-electron chi connectivity index (χ2n) is 4.21. The van der Waals surface area contributed by atoms with E-state index in [9.17, 15) is 9.00 Å². The van der Waals surface area contributed by atoms with Gasteiger partial charge in [0.25, 0.3) is 0 Å². The molecule has 0 spiro atoms. The van der Waals surface area contributed by atoms with Crippen LogP contribution >= 0.6 is 11.6 Å². The molecule has 4 nitrogen and oxygen atoms in total. The third-order valence-corrected chi connectivity index (χ3v) is 4.60. The van der Waals surface area contributed by atoms with Gasteiger partial charge >= 0.3 is 5.97 Å². The zero-order valence-corrected chi connectivity index (χ0v) is 12.3. The van der Waals surface area contributed by atoms with Crippen LogP contribution in [0.5, 0.6) is 0 Å². The van der Waals surface area contributed by atoms with Gasteiger partial charge in [0, 0.05) is 5.02 Å². The van der Waals surface area contributed by atoms with E-state index in [0.717, 1.165) is 0 Å². The Kier molecular flexibility index (Phi) is 4.73. The molecule has 106 valence electrons. The van der Waals surface area contributed by atoms with Gasteiger partial charge in [0.1, 0.15) is 0 Å². The molecule has 0 aromatic heterocycles. The molecule has 0 saturated heterocycles. The summed E-state index contributed by atoms with van der Waals surface area (Å²) in [6.45, 7) is 0. The summed E-state index contributed by atoms with van der Waals surface area (Å²) in [5.74, 6) is -1.03. The SMILES string of the molecule is N#Cc1ccc(CS(=O)c2ccccc2C(=O)O)c(Cl)c1. The van der Waals surface area contributed by atoms with Gasteiger partial charge in [-0.1, -0.05) is 29.8 Å². The van der Waals surface area contributed by atoms with Crippen molar-refractivity contribution in [2.75, 3.05) is 0 Å². The molecule has 0 fully saturated rings. The van der Waals surface area contributed by atoms with Gasteiger partial charge in [-0.3, -0.25) is 4.21 Å². The molecule has 6 heteroatoms. The van der Waals surface area contributed by atoms with Gasteiger partial charge < -0.3 is 5.11 Å². The van der Waals surface area contributed by atoms with E-state index in [1.54, 1.807) is 24.3 Å². The fourth-order valence-electron chi connectivity index (χ4n) is 1.79. The van der Waals surface area contributed by atoms with Crippen molar-refractivity contribution in [3.63, 3.8) is 0 Å². The van der Waals surface area contributed by atoms with Gasteiger partial charge in [-0.05, 0) is 29.8 Å². The minimum Gasteiger partial charge on any atom is -0.478 e. The van der Waals surface area contributed by atoms with Gasteiger partial charge in [-0.15, -0.1) is 0 Å². The van der Waals surface area contributed by atoms with Crippen molar-refractivity contribution in [2.24, 2.45) is 0 Å². The molecule has 0 radical (unpaired) electrons. The lowest BCUT2D eigenvalue weighted by Gasteiger charge is -2.07. The molecule has 0 aliphatic rings. The number of carboxylic acids is 1. The minimum atomic E-state index is -1.53. The summed E-state index contributed by atoms with van der Waals surface area (Å²) >= 11 is 6.04. The highest BCUT2D eigenvalue weighted by molar-refractivity contribution is 7.84. The van der Waals surface area contributed by atoms with Crippen molar-refractivity contribution in [1.29, 1.82) is 5.26 Å². The Hall–Kier alpha value is -2.16. The van der Waals surface area contributed by atoms with Crippen LogP contribution in [0.4, 0.5) is 0 Å². The largest absolute Gasteiger partial charge is 0.478 e. The normalized spacial score (nSPS) is 11.6. The lowest BCUT2D eigenvalue weighted by Crippen LogP contribution is -2.06. The van der Waals surface area contributed by atoms with E-state index in [1.807, 2.05) is 6.07 Å². The number of nitriles is 1. The number of benzene rings is 2. The molecule has 0 saturated carbocycles. The lowest BCUT2D eigenvalue weighted by atomic mass is 10.2. The molecule has 21 heavy (non-hydrogen) atoms. The zero-order valence-electron chi connectivity index (χ0n) is 10.7. The fourth-order valence-corrected chi connectivity index (χ4v) is 3.44. The van der Waals surface area contributed by atoms with Crippen LogP contribution in [0.3, 0.4) is 0 Å². The smallest absolute Gasteiger partial charge is 0.336 e. The van der Waals surface area contributed by atoms with Gasteiger partial charge in [0.15, 0.2) is 0 Å². The van der Waals surface area contributed by atoms with E-state index < -0.39 is 16.8 Å². The summed E-state index contributed by atoms with van der Waals surface area (Å²) in [7, 11) is -1.53. The number of carbonyl (C=O) groups is 1. The van der Waals surface area contributed by atoms with Crippen molar-refractivity contribution in [3.05, 3.63) is 64.2 Å². The first kappa shape index (κ1) is 15.2. The first-order valence-corrected chi connectivity index (χ1v) is 7.62. The molecule has 0 bridgehead atoms. The minimum absolute atomic E-state index is 0.0144. The topological polar surface area (TPSA) is 78.2 Å². The number of carboxylic acid groups (broad SMARTS) is 1. The maximum absolute atomic E-state index is 12.4. The van der Waals surface area contributed by atoms with Crippen molar-refractivity contribution < 1.29 is 14.1 Å². The predicted octanol–water partition coefficient (Wildman–Crippen LogP) is 3.22. The predicted molar refractivity (Wildman–Crippen MR) is 79.7 cm³/mol. The van der Waals surface area contributed by atoms with Gasteiger partial charge in [0.2, 0.25) is 0 Å². The van der Waals surface area contributed by atoms with E-state index >= 15 is 0 Å². The summed E-state index contributed by atoms with van der Waals surface area (Å²) in [5.41, 5.74) is 1.04. The number of aromatic carboxylic acids is 1. The molecule has 0 aliphatic heterocycles. The maximum Gasteiger partial charge on any atom is 0.336 e. The zero-order chi connectivity index (χ0) is 15.4. The first-order chi connectivity index (χ1) is 10.0. The third-order valence-electron chi connectivity index (χ3n) is 2.83. The molecule has 1 N–H and O–H groups in total. The second-order valence-corrected chi connectivity index (χ2v) is 6.04. The number of nitrogens with zero attached hydrogens (tertiary/aromatic N) is 1. The number of rotatable bonds is 4. The van der Waals surface area contributed by atoms with Crippen LogP contribution in [0, 0.1) is 11.3 Å². The average molecular weight is 320 g/mol. The molecule has 1 unspecified atom stereocenters. The van der Waals surface area contributed by atoms with Crippen molar-refractivity contribution >= 4 is 28.4 Å². The quantitative estimate of drug-likeness (QED) is 0.938. The molecule has 1 atom stereocenters. The fraction of sp³-hybridized carbons (Fsp3) is 0.0667. The Morgan fingerprint density at radius 2 is 2.00 bits per heavy atom. The Morgan fingerprint density at radius 3 is 2.62 bits per heavy atom. The van der Waals surface area contributed by atoms with E-state index in [4.69, 9.17) is 22.0 Å². The first-order valence-electron chi connectivity index (χ1n) is 5.92. The van der Waals surface area contributed by atoms with E-state index in [2.05, 4.69) is 0 Å². The van der Waals surface area contributed by atoms with Crippen LogP contribution < -0.4 is 0 Å². The molecule has 2 aromatic carbocycles. The van der Waals surface area contributed by atoms with Crippen LogP contribution in [0.15, 0.2) is 47.4 Å². The molecule has 2 aromatic rings. The van der Waals surface area contributed by atoms with Gasteiger partial charge in [-0.25, -0.2) is 4.79 Å². The summed E-state index contributed by atoms with van der Waals surface area (Å²) in [4.78, 5) is 11.4. The van der Waals surface area contributed by atoms with Crippen molar-refractivity contribution in [3.8, 4) is 6.07 Å². The summed E-state index contributed by atoms with van der Waals surface area (Å²) in [5, 5.41) is 18.2. The molecular weight excluding hydrogens is 310 g/mol. The van der Waals surface area contributed by atoms with Crippen LogP contribution in [0.25, 0.3) is 0 Å². The second kappa shape index (κ2) is 6.53. The van der Waals surface area contributed by atoms with Crippen LogP contribution in [0.2, 0.25) is 5.02 Å². The van der Waals surface area contributed by atoms with E-state index in [0.29, 0.717) is 16.1 Å². The van der Waals surface area contributed by atoms with E-state index in [1.165, 1.54) is 18.2 Å². The third kappa shape index (κ3) is 3.48. The number of hydrogen-bond donors (Lipinski definition) is 1. The Bertz CT molecular complexity index is 768. The highest BCUT2D eigenvalue weighted by Gasteiger charge is 2.16. The number of hydrogen-bond acceptors (Lipinski definition) is 3. The Labute approximate surface area is 129 Å². The molecule has 0 heterocycles. The molecule has 0 aliphatic carbocycles. The Balaban J connectivity index is 2.31. The van der Waals surface area contributed by atoms with E-state index in [-0.39, 0.29) is 16.2 Å². The van der Waals surface area contributed by atoms with Crippen molar-refractivity contribution in [1.82, 2.24) is 0 Å². The lowest BCUT2D eigenvalue weighted by molar-refractivity contribution is 0.0693. The summed E-state index contributed by atoms with van der Waals surface area (Å²) in [6, 6.07) is 12.8. The number of halogens is 1. The summed E-state index contributed by atoms with van der Waals surface area (Å²) < 4.78 is 12.4. The Morgan fingerprint density at radius 1 is 1.29 bits per heavy atom. The van der Waals surface area contributed by atoms with Crippen LogP contribution in [-0.4, -0.2) is 15.3 Å². The highest BCUT2D eigenvalue weighted by atomic mass is 35.5. The van der Waals surface area contributed by atoms with Gasteiger partial charge in [0.05, 0.1) is 38.6 Å². The average Bonchev–Trinajstić information content (AvgIpc) is 2.49. The maximum atomic E-state index is 12.4. The van der Waals surface area contributed by atoms with Gasteiger partial charge in [-0.2, -0.15) is 5.26 Å². The monoisotopic (exact) mass is 319 g/mol. The summed E-state index contributed by atoms with van der Waals surface area (Å²) in [6.07, 6.45) is 0. The standard InChI is InChI=1S/C15H10ClNO3S/c16-13-7-10(8-17)5-6-11(13)9-21(20)14-4-2-1-3-12(14)15(18)19/h1-7H,9H2,(H,18,19). The molecular formula is C15H10ClNO3S. The molecule has 0 amide bonds. The highest BCUT2D eigenvalue weighted by Crippen LogP contribution is 2.23. The van der Waals surface area contributed by atoms with Crippen LogP contribution in [-0.2, 0) is 16.6 Å². The molecule has 2 rings (SSSR count). The van der Waals surface area contributed by atoms with Crippen molar-refractivity contribution in [2.45, 2.75) is 10.6 Å².